The van der Waals surface area contributed by atoms with Crippen LogP contribution in [0.3, 0.4) is 0 Å². The Hall–Kier alpha value is -2.04. The van der Waals surface area contributed by atoms with Crippen molar-refractivity contribution in [2.45, 2.75) is 0 Å². The number of aromatic nitrogens is 1. The van der Waals surface area contributed by atoms with Crippen molar-refractivity contribution in [2.24, 2.45) is 0 Å². The average Bonchev–Trinajstić information content (AvgIpc) is 2.22. The lowest BCUT2D eigenvalue weighted by Crippen LogP contribution is -1.95. The van der Waals surface area contributed by atoms with Gasteiger partial charge in [0.2, 0.25) is 0 Å². The molecule has 2 nitrogen and oxygen atoms in total. The fourth-order valence-corrected chi connectivity index (χ4v) is 1.35. The number of hydrogen-bond donors (Lipinski definition) is 1. The minimum absolute atomic E-state index is 0.0157. The normalized spacial score (nSPS) is 10.4. The molecule has 0 atom stereocenters. The molecule has 2 aromatic rings. The zero-order valence-electron chi connectivity index (χ0n) is 8.05. The number of nitrogens with two attached hydrogens (primary N) is 1. The fourth-order valence-electron chi connectivity index (χ4n) is 1.35. The summed E-state index contributed by atoms with van der Waals surface area (Å²) in [6.45, 7) is 0. The van der Waals surface area contributed by atoms with Crippen LogP contribution in [0.25, 0.3) is 11.1 Å². The zero-order valence-corrected chi connectivity index (χ0v) is 8.05. The Bertz CT molecular complexity index is 541. The molecule has 0 fully saturated rings. The van der Waals surface area contributed by atoms with Crippen molar-refractivity contribution in [1.29, 1.82) is 0 Å². The van der Waals surface area contributed by atoms with Crippen molar-refractivity contribution in [1.82, 2.24) is 4.98 Å². The molecule has 0 saturated carbocycles. The molecule has 0 spiro atoms. The van der Waals surface area contributed by atoms with E-state index in [0.717, 1.165) is 30.5 Å². The lowest BCUT2D eigenvalue weighted by atomic mass is 10.1. The molecule has 0 bridgehead atoms. The summed E-state index contributed by atoms with van der Waals surface area (Å²) in [5.74, 6) is -2.12. The van der Waals surface area contributed by atoms with Gasteiger partial charge in [0.1, 0.15) is 23.3 Å². The van der Waals surface area contributed by atoms with Gasteiger partial charge in [-0.3, -0.25) is 0 Å². The Balaban J connectivity index is 2.62. The summed E-state index contributed by atoms with van der Waals surface area (Å²) in [7, 11) is 0. The molecule has 16 heavy (non-hydrogen) atoms. The van der Waals surface area contributed by atoms with Gasteiger partial charge in [0.05, 0.1) is 0 Å². The van der Waals surface area contributed by atoms with E-state index >= 15 is 0 Å². The maximum atomic E-state index is 13.4. The first-order chi connectivity index (χ1) is 7.58. The number of hydrogen-bond acceptors (Lipinski definition) is 2. The number of anilines is 1. The SMILES string of the molecule is Nc1cc(F)c(-c2cc(F)ccc2F)cn1. The lowest BCUT2D eigenvalue weighted by Gasteiger charge is -2.05. The number of rotatable bonds is 1. The maximum absolute atomic E-state index is 13.4. The molecule has 0 unspecified atom stereocenters. The minimum Gasteiger partial charge on any atom is -0.384 e. The predicted molar refractivity (Wildman–Crippen MR) is 54.0 cm³/mol. The van der Waals surface area contributed by atoms with E-state index in [9.17, 15) is 13.2 Å². The van der Waals surface area contributed by atoms with E-state index in [0.29, 0.717) is 0 Å². The quantitative estimate of drug-likeness (QED) is 0.808. The largest absolute Gasteiger partial charge is 0.384 e. The first-order valence-corrected chi connectivity index (χ1v) is 4.44. The first-order valence-electron chi connectivity index (χ1n) is 4.44. The fraction of sp³-hybridized carbons (Fsp3) is 0. The standard InChI is InChI=1S/C11H7F3N2/c12-6-1-2-9(13)7(3-6)8-5-16-11(15)4-10(8)14/h1-5H,(H2,15,16). The van der Waals surface area contributed by atoms with Crippen LogP contribution in [0.5, 0.6) is 0 Å². The first kappa shape index (κ1) is 10.5. The molecule has 1 heterocycles. The highest BCUT2D eigenvalue weighted by atomic mass is 19.1. The Morgan fingerprint density at radius 3 is 2.38 bits per heavy atom. The summed E-state index contributed by atoms with van der Waals surface area (Å²) in [5, 5.41) is 0. The monoisotopic (exact) mass is 224 g/mol. The molecule has 0 aliphatic carbocycles. The molecule has 0 aliphatic heterocycles. The topological polar surface area (TPSA) is 38.9 Å². The molecule has 2 N–H and O–H groups in total. The van der Waals surface area contributed by atoms with Crippen molar-refractivity contribution in [3.63, 3.8) is 0 Å². The summed E-state index contributed by atoms with van der Waals surface area (Å²) in [5.41, 5.74) is 4.96. The molecular formula is C11H7F3N2. The molecule has 0 saturated heterocycles. The van der Waals surface area contributed by atoms with Crippen LogP contribution in [-0.2, 0) is 0 Å². The molecule has 0 radical (unpaired) electrons. The molecule has 82 valence electrons. The highest BCUT2D eigenvalue weighted by Gasteiger charge is 2.11. The van der Waals surface area contributed by atoms with Gasteiger partial charge in [0.25, 0.3) is 0 Å². The second kappa shape index (κ2) is 3.84. The third-order valence-corrected chi connectivity index (χ3v) is 2.09. The molecule has 0 aliphatic rings. The molecular weight excluding hydrogens is 217 g/mol. The highest BCUT2D eigenvalue weighted by Crippen LogP contribution is 2.26. The van der Waals surface area contributed by atoms with Crippen molar-refractivity contribution >= 4 is 5.82 Å². The van der Waals surface area contributed by atoms with E-state index < -0.39 is 17.5 Å². The van der Waals surface area contributed by atoms with Crippen molar-refractivity contribution in [3.05, 3.63) is 47.9 Å². The van der Waals surface area contributed by atoms with Crippen LogP contribution < -0.4 is 5.73 Å². The minimum atomic E-state index is -0.739. The summed E-state index contributed by atoms with van der Waals surface area (Å²) in [6.07, 6.45) is 1.07. The zero-order chi connectivity index (χ0) is 11.7. The van der Waals surface area contributed by atoms with Gasteiger partial charge in [0.15, 0.2) is 0 Å². The molecule has 1 aromatic carbocycles. The Morgan fingerprint density at radius 2 is 1.69 bits per heavy atom. The summed E-state index contributed by atoms with van der Waals surface area (Å²) in [4.78, 5) is 3.64. The number of benzene rings is 1. The summed E-state index contributed by atoms with van der Waals surface area (Å²) in [6, 6.07) is 3.76. The van der Waals surface area contributed by atoms with E-state index in [1.165, 1.54) is 0 Å². The summed E-state index contributed by atoms with van der Waals surface area (Å²) >= 11 is 0. The van der Waals surface area contributed by atoms with Gasteiger partial charge in [-0.25, -0.2) is 18.2 Å². The molecule has 1 aromatic heterocycles. The predicted octanol–water partition coefficient (Wildman–Crippen LogP) is 2.75. The Kier molecular flexibility index (Phi) is 2.52. The van der Waals surface area contributed by atoms with Gasteiger partial charge in [-0.2, -0.15) is 0 Å². The molecule has 2 rings (SSSR count). The Morgan fingerprint density at radius 1 is 0.938 bits per heavy atom. The molecule has 5 heteroatoms. The van der Waals surface area contributed by atoms with Crippen LogP contribution in [-0.4, -0.2) is 4.98 Å². The third-order valence-electron chi connectivity index (χ3n) is 2.09. The maximum Gasteiger partial charge on any atom is 0.136 e. The highest BCUT2D eigenvalue weighted by molar-refractivity contribution is 5.65. The van der Waals surface area contributed by atoms with E-state index in [1.54, 1.807) is 0 Å². The van der Waals surface area contributed by atoms with E-state index in [-0.39, 0.29) is 16.9 Å². The van der Waals surface area contributed by atoms with Gasteiger partial charge in [-0.1, -0.05) is 0 Å². The van der Waals surface area contributed by atoms with Crippen molar-refractivity contribution in [3.8, 4) is 11.1 Å². The molecule has 0 amide bonds. The van der Waals surface area contributed by atoms with Gasteiger partial charge >= 0.3 is 0 Å². The summed E-state index contributed by atoms with van der Waals surface area (Å²) < 4.78 is 39.7. The van der Waals surface area contributed by atoms with Crippen molar-refractivity contribution in [2.75, 3.05) is 5.73 Å². The number of nitrogens with zero attached hydrogens (tertiary/aromatic N) is 1. The van der Waals surface area contributed by atoms with E-state index in [2.05, 4.69) is 4.98 Å². The smallest absolute Gasteiger partial charge is 0.136 e. The number of halogens is 3. The second-order valence-corrected chi connectivity index (χ2v) is 3.21. The van der Waals surface area contributed by atoms with Crippen LogP contribution in [0.1, 0.15) is 0 Å². The van der Waals surface area contributed by atoms with Crippen LogP contribution in [0.4, 0.5) is 19.0 Å². The van der Waals surface area contributed by atoms with Gasteiger partial charge < -0.3 is 5.73 Å². The van der Waals surface area contributed by atoms with Crippen LogP contribution >= 0.6 is 0 Å². The van der Waals surface area contributed by atoms with Crippen LogP contribution in [0.2, 0.25) is 0 Å². The average molecular weight is 224 g/mol. The number of nitrogen functional groups attached to an aromatic ring is 1. The van der Waals surface area contributed by atoms with Crippen LogP contribution in [0.15, 0.2) is 30.5 Å². The number of pyridine rings is 1. The van der Waals surface area contributed by atoms with Gasteiger partial charge in [-0.15, -0.1) is 0 Å². The van der Waals surface area contributed by atoms with Gasteiger partial charge in [0, 0.05) is 23.4 Å². The van der Waals surface area contributed by atoms with E-state index in [4.69, 9.17) is 5.73 Å². The van der Waals surface area contributed by atoms with E-state index in [1.807, 2.05) is 0 Å². The Labute approximate surface area is 89.5 Å². The van der Waals surface area contributed by atoms with Crippen LogP contribution in [0, 0.1) is 17.5 Å². The van der Waals surface area contributed by atoms with Crippen molar-refractivity contribution < 1.29 is 13.2 Å². The second-order valence-electron chi connectivity index (χ2n) is 3.21. The third kappa shape index (κ3) is 1.84. The lowest BCUT2D eigenvalue weighted by molar-refractivity contribution is 0.597. The van der Waals surface area contributed by atoms with Gasteiger partial charge in [-0.05, 0) is 18.2 Å².